The Morgan fingerprint density at radius 3 is 2.21 bits per heavy atom. The molecule has 1 saturated carbocycles. The van der Waals surface area contributed by atoms with Gasteiger partial charge < -0.3 is 29.0 Å². The van der Waals surface area contributed by atoms with Crippen molar-refractivity contribution >= 4 is 11.9 Å². The van der Waals surface area contributed by atoms with E-state index in [4.69, 9.17) is 24.1 Å². The third kappa shape index (κ3) is 5.95. The lowest BCUT2D eigenvalue weighted by Gasteiger charge is -2.39. The van der Waals surface area contributed by atoms with Crippen molar-refractivity contribution in [3.63, 3.8) is 0 Å². The van der Waals surface area contributed by atoms with Gasteiger partial charge in [-0.2, -0.15) is 0 Å². The van der Waals surface area contributed by atoms with Gasteiger partial charge in [0.25, 0.3) is 0 Å². The molecule has 1 aliphatic heterocycles. The van der Waals surface area contributed by atoms with E-state index in [2.05, 4.69) is 0 Å². The zero-order valence-electron chi connectivity index (χ0n) is 20.7. The Hall–Kier alpha value is -2.48. The fourth-order valence-electron chi connectivity index (χ4n) is 5.32. The minimum atomic E-state index is -0.590. The van der Waals surface area contributed by atoms with Crippen LogP contribution in [0.5, 0.6) is 17.2 Å². The van der Waals surface area contributed by atoms with Gasteiger partial charge in [0.05, 0.1) is 33.9 Å². The molecule has 1 aromatic carbocycles. The summed E-state index contributed by atoms with van der Waals surface area (Å²) in [5.74, 6) is 0.885. The number of carbonyl (C=O) groups is 2. The Labute approximate surface area is 202 Å². The van der Waals surface area contributed by atoms with Crippen LogP contribution >= 0.6 is 0 Å². The molecule has 1 amide bonds. The van der Waals surface area contributed by atoms with Crippen LogP contribution < -0.4 is 14.2 Å². The lowest BCUT2D eigenvalue weighted by molar-refractivity contribution is -0.158. The summed E-state index contributed by atoms with van der Waals surface area (Å²) in [6, 6.07) is 3.15. The molecule has 2 fully saturated rings. The highest BCUT2D eigenvalue weighted by molar-refractivity contribution is 5.89. The highest BCUT2D eigenvalue weighted by Crippen LogP contribution is 2.45. The third-order valence-electron chi connectivity index (χ3n) is 7.04. The first-order chi connectivity index (χ1) is 16.5. The summed E-state index contributed by atoms with van der Waals surface area (Å²) in [6.07, 6.45) is 8.01. The van der Waals surface area contributed by atoms with Crippen molar-refractivity contribution in [2.75, 3.05) is 41.1 Å². The Morgan fingerprint density at radius 2 is 1.62 bits per heavy atom. The van der Waals surface area contributed by atoms with Crippen molar-refractivity contribution in [3.8, 4) is 17.2 Å². The Bertz CT molecular complexity index is 796. The number of carbonyl (C=O) groups excluding carboxylic acids is 2. The quantitative estimate of drug-likeness (QED) is 0.406. The molecule has 0 aromatic heterocycles. The fraction of sp³-hybridized carbons (Fsp3) is 0.692. The average molecular weight is 478 g/mol. The van der Waals surface area contributed by atoms with E-state index < -0.39 is 12.0 Å². The predicted octanol–water partition coefficient (Wildman–Crippen LogP) is 3.68. The molecule has 0 spiro atoms. The average Bonchev–Trinajstić information content (AvgIpc) is 2.88. The number of nitrogens with zero attached hydrogens (tertiary/aromatic N) is 1. The van der Waals surface area contributed by atoms with Gasteiger partial charge >= 0.3 is 5.97 Å². The van der Waals surface area contributed by atoms with E-state index in [0.717, 1.165) is 44.1 Å². The molecule has 1 heterocycles. The highest BCUT2D eigenvalue weighted by atomic mass is 16.5. The molecule has 3 rings (SSSR count). The van der Waals surface area contributed by atoms with Crippen molar-refractivity contribution in [3.05, 3.63) is 17.7 Å². The second-order valence-corrected chi connectivity index (χ2v) is 9.12. The van der Waals surface area contributed by atoms with Crippen LogP contribution in [0.25, 0.3) is 0 Å². The van der Waals surface area contributed by atoms with Gasteiger partial charge in [-0.05, 0) is 55.7 Å². The molecule has 8 heteroatoms. The maximum absolute atomic E-state index is 14.2. The first-order valence-corrected chi connectivity index (χ1v) is 12.4. The fourth-order valence-corrected chi connectivity index (χ4v) is 5.32. The van der Waals surface area contributed by atoms with E-state index >= 15 is 0 Å². The zero-order valence-corrected chi connectivity index (χ0v) is 20.7. The van der Waals surface area contributed by atoms with Crippen molar-refractivity contribution in [2.24, 2.45) is 5.92 Å². The smallest absolute Gasteiger partial charge is 0.328 e. The van der Waals surface area contributed by atoms with E-state index in [1.54, 1.807) is 26.2 Å². The monoisotopic (exact) mass is 477 g/mol. The summed E-state index contributed by atoms with van der Waals surface area (Å²) in [7, 11) is 4.70. The number of aliphatic hydroxyl groups is 1. The highest BCUT2D eigenvalue weighted by Gasteiger charge is 2.40. The zero-order chi connectivity index (χ0) is 24.5. The first-order valence-electron chi connectivity index (χ1n) is 12.4. The largest absolute Gasteiger partial charge is 0.493 e. The van der Waals surface area contributed by atoms with Crippen molar-refractivity contribution < 1.29 is 33.6 Å². The Morgan fingerprint density at radius 1 is 0.971 bits per heavy atom. The van der Waals surface area contributed by atoms with Gasteiger partial charge in [0.2, 0.25) is 11.7 Å². The molecule has 190 valence electrons. The van der Waals surface area contributed by atoms with E-state index in [9.17, 15) is 9.59 Å². The maximum atomic E-state index is 14.2. The van der Waals surface area contributed by atoms with Gasteiger partial charge in [0.15, 0.2) is 11.5 Å². The molecule has 1 aliphatic carbocycles. The van der Waals surface area contributed by atoms with Crippen LogP contribution in [-0.2, 0) is 14.3 Å². The molecule has 1 saturated heterocycles. The van der Waals surface area contributed by atoms with E-state index in [0.29, 0.717) is 36.6 Å². The minimum absolute atomic E-state index is 0.0362. The number of benzene rings is 1. The molecule has 8 nitrogen and oxygen atoms in total. The summed E-state index contributed by atoms with van der Waals surface area (Å²) in [5.41, 5.74) is 0.823. The molecule has 2 aliphatic rings. The van der Waals surface area contributed by atoms with Crippen molar-refractivity contribution in [2.45, 2.75) is 69.7 Å². The summed E-state index contributed by atoms with van der Waals surface area (Å²) in [5, 5.41) is 9.01. The lowest BCUT2D eigenvalue weighted by Crippen LogP contribution is -2.51. The summed E-state index contributed by atoms with van der Waals surface area (Å²) < 4.78 is 22.0. The van der Waals surface area contributed by atoms with Crippen LogP contribution in [0.4, 0.5) is 0 Å². The number of amides is 1. The van der Waals surface area contributed by atoms with Crippen molar-refractivity contribution in [1.29, 1.82) is 0 Å². The standard InChI is InChI=1S/C26H39NO7/c1-31-21-16-19(17-22(32-2)24(21)33-3)23(18-10-5-4-6-11-18)25(29)27-13-8-7-12-20(27)26(30)34-15-9-14-28/h16-18,20,23,28H,4-15H2,1-3H3/t20-,23-/m0/s1. The van der Waals surface area contributed by atoms with Crippen LogP contribution in [0.1, 0.15) is 69.3 Å². The number of likely N-dealkylation sites (tertiary alicyclic amines) is 1. The van der Waals surface area contributed by atoms with Gasteiger partial charge in [0, 0.05) is 19.6 Å². The van der Waals surface area contributed by atoms with E-state index in [-0.39, 0.29) is 31.0 Å². The number of rotatable bonds is 10. The van der Waals surface area contributed by atoms with Gasteiger partial charge in [-0.15, -0.1) is 0 Å². The molecule has 0 unspecified atom stereocenters. The molecule has 1 aromatic rings. The van der Waals surface area contributed by atoms with Crippen LogP contribution in [-0.4, -0.2) is 69.0 Å². The number of ether oxygens (including phenoxy) is 4. The minimum Gasteiger partial charge on any atom is -0.493 e. The molecule has 2 atom stereocenters. The summed E-state index contributed by atoms with van der Waals surface area (Å²) in [4.78, 5) is 28.7. The molecule has 1 N–H and O–H groups in total. The number of hydrogen-bond donors (Lipinski definition) is 1. The number of piperidine rings is 1. The maximum Gasteiger partial charge on any atom is 0.328 e. The van der Waals surface area contributed by atoms with Crippen molar-refractivity contribution in [1.82, 2.24) is 4.90 Å². The molecule has 0 radical (unpaired) electrons. The molecule has 34 heavy (non-hydrogen) atoms. The first kappa shape index (κ1) is 26.1. The SMILES string of the molecule is COc1cc([C@@H](C(=O)N2CCCC[C@H]2C(=O)OCCCO)C2CCCCC2)cc(OC)c1OC. The Kier molecular flexibility index (Phi) is 9.86. The second kappa shape index (κ2) is 12.8. The lowest BCUT2D eigenvalue weighted by atomic mass is 9.75. The molecule has 0 bridgehead atoms. The number of esters is 1. The number of methoxy groups -OCH3 is 3. The molecular weight excluding hydrogens is 438 g/mol. The van der Waals surface area contributed by atoms with Gasteiger partial charge in [-0.25, -0.2) is 4.79 Å². The second-order valence-electron chi connectivity index (χ2n) is 9.12. The molecular formula is C26H39NO7. The Balaban J connectivity index is 1.97. The van der Waals surface area contributed by atoms with E-state index in [1.165, 1.54) is 6.42 Å². The van der Waals surface area contributed by atoms with Crippen LogP contribution in [0.15, 0.2) is 12.1 Å². The predicted molar refractivity (Wildman–Crippen MR) is 127 cm³/mol. The summed E-state index contributed by atoms with van der Waals surface area (Å²) >= 11 is 0. The van der Waals surface area contributed by atoms with Gasteiger partial charge in [-0.3, -0.25) is 4.79 Å². The van der Waals surface area contributed by atoms with E-state index in [1.807, 2.05) is 12.1 Å². The summed E-state index contributed by atoms with van der Waals surface area (Å²) in [6.45, 7) is 0.657. The number of hydrogen-bond acceptors (Lipinski definition) is 7. The van der Waals surface area contributed by atoms with Crippen LogP contribution in [0, 0.1) is 5.92 Å². The van der Waals surface area contributed by atoms with Gasteiger partial charge in [0.1, 0.15) is 6.04 Å². The normalized spacial score (nSPS) is 19.9. The van der Waals surface area contributed by atoms with Crippen LogP contribution in [0.2, 0.25) is 0 Å². The van der Waals surface area contributed by atoms with Gasteiger partial charge in [-0.1, -0.05) is 19.3 Å². The number of aliphatic hydroxyl groups excluding tert-OH is 1. The topological polar surface area (TPSA) is 94.5 Å². The third-order valence-corrected chi connectivity index (χ3v) is 7.04. The van der Waals surface area contributed by atoms with Crippen LogP contribution in [0.3, 0.4) is 0 Å².